The molecular weight excluding hydrogens is 486 g/mol. The van der Waals surface area contributed by atoms with Crippen LogP contribution in [0.3, 0.4) is 0 Å². The zero-order chi connectivity index (χ0) is 25.6. The number of hydrogen-bond donors (Lipinski definition) is 1. The Balaban J connectivity index is 2.02. The van der Waals surface area contributed by atoms with Crippen LogP contribution in [0.15, 0.2) is 72.8 Å². The minimum Gasteiger partial charge on any atom is -0.350 e. The highest BCUT2D eigenvalue weighted by Crippen LogP contribution is 2.26. The molecule has 0 spiro atoms. The maximum atomic E-state index is 13.7. The fraction of sp³-hybridized carbons (Fsp3) is 0.286. The quantitative estimate of drug-likeness (QED) is 0.387. The lowest BCUT2D eigenvalue weighted by molar-refractivity contribution is -0.141. The molecule has 0 fully saturated rings. The number of halogens is 3. The molecule has 2 amide bonds. The molecule has 0 saturated heterocycles. The molecule has 0 aliphatic rings. The van der Waals surface area contributed by atoms with E-state index in [-0.39, 0.29) is 30.6 Å². The molecule has 3 rings (SSSR count). The van der Waals surface area contributed by atoms with Gasteiger partial charge in [0.25, 0.3) is 0 Å². The fourth-order valence-corrected chi connectivity index (χ4v) is 4.28. The summed E-state index contributed by atoms with van der Waals surface area (Å²) >= 11 is 12.7. The van der Waals surface area contributed by atoms with Gasteiger partial charge in [-0.3, -0.25) is 9.59 Å². The molecule has 0 aliphatic heterocycles. The molecular formula is C28H29Cl2FN2O2. The Hall–Kier alpha value is -2.89. The Labute approximate surface area is 216 Å². The number of hydrogen-bond acceptors (Lipinski definition) is 2. The first-order valence-electron chi connectivity index (χ1n) is 11.4. The summed E-state index contributed by atoms with van der Waals surface area (Å²) in [5, 5.41) is 3.77. The zero-order valence-corrected chi connectivity index (χ0v) is 21.5. The first kappa shape index (κ1) is 26.7. The van der Waals surface area contributed by atoms with Crippen LogP contribution in [0.2, 0.25) is 10.0 Å². The second-order valence-electron chi connectivity index (χ2n) is 9.47. The van der Waals surface area contributed by atoms with Gasteiger partial charge in [-0.15, -0.1) is 0 Å². The third kappa shape index (κ3) is 7.81. The van der Waals surface area contributed by atoms with Crippen molar-refractivity contribution in [1.29, 1.82) is 0 Å². The van der Waals surface area contributed by atoms with E-state index in [1.54, 1.807) is 30.3 Å². The van der Waals surface area contributed by atoms with Crippen molar-refractivity contribution in [2.75, 3.05) is 0 Å². The number of nitrogens with zero attached hydrogens (tertiary/aromatic N) is 1. The fourth-order valence-electron chi connectivity index (χ4n) is 3.75. The van der Waals surface area contributed by atoms with Gasteiger partial charge < -0.3 is 10.2 Å². The highest BCUT2D eigenvalue weighted by molar-refractivity contribution is 6.36. The van der Waals surface area contributed by atoms with Crippen LogP contribution in [0.25, 0.3) is 0 Å². The normalized spacial score (nSPS) is 12.2. The molecule has 1 atom stereocenters. The van der Waals surface area contributed by atoms with E-state index in [4.69, 9.17) is 23.2 Å². The highest BCUT2D eigenvalue weighted by atomic mass is 35.5. The number of benzene rings is 3. The van der Waals surface area contributed by atoms with Crippen LogP contribution < -0.4 is 5.32 Å². The molecule has 35 heavy (non-hydrogen) atoms. The predicted octanol–water partition coefficient (Wildman–Crippen LogP) is 6.23. The average molecular weight is 515 g/mol. The lowest BCUT2D eigenvalue weighted by atomic mass is 9.99. The van der Waals surface area contributed by atoms with Gasteiger partial charge in [-0.1, -0.05) is 71.7 Å². The number of carbonyl (C=O) groups excluding carboxylic acids is 2. The second kappa shape index (κ2) is 11.7. The molecule has 0 saturated carbocycles. The van der Waals surface area contributed by atoms with Crippen molar-refractivity contribution in [1.82, 2.24) is 10.2 Å². The highest BCUT2D eigenvalue weighted by Gasteiger charge is 2.32. The van der Waals surface area contributed by atoms with Gasteiger partial charge in [-0.25, -0.2) is 4.39 Å². The van der Waals surface area contributed by atoms with E-state index < -0.39 is 11.6 Å². The average Bonchev–Trinajstić information content (AvgIpc) is 2.79. The van der Waals surface area contributed by atoms with Gasteiger partial charge in [0.05, 0.1) is 6.42 Å². The van der Waals surface area contributed by atoms with Crippen molar-refractivity contribution in [2.24, 2.45) is 0 Å². The number of nitrogens with one attached hydrogen (secondary N) is 1. The van der Waals surface area contributed by atoms with Crippen molar-refractivity contribution < 1.29 is 14.0 Å². The van der Waals surface area contributed by atoms with Crippen molar-refractivity contribution in [2.45, 2.75) is 51.7 Å². The maximum absolute atomic E-state index is 13.7. The Bertz CT molecular complexity index is 1140. The van der Waals surface area contributed by atoms with Crippen molar-refractivity contribution in [3.05, 3.63) is 105 Å². The van der Waals surface area contributed by atoms with Gasteiger partial charge >= 0.3 is 0 Å². The predicted molar refractivity (Wildman–Crippen MR) is 139 cm³/mol. The third-order valence-corrected chi connectivity index (χ3v) is 6.13. The Morgan fingerprint density at radius 2 is 1.49 bits per heavy atom. The van der Waals surface area contributed by atoms with Gasteiger partial charge in [0.15, 0.2) is 0 Å². The molecule has 4 nitrogen and oxygen atoms in total. The molecule has 0 aliphatic carbocycles. The topological polar surface area (TPSA) is 49.4 Å². The van der Waals surface area contributed by atoms with Gasteiger partial charge in [0, 0.05) is 28.5 Å². The molecule has 0 unspecified atom stereocenters. The van der Waals surface area contributed by atoms with Gasteiger partial charge in [0.1, 0.15) is 11.9 Å². The molecule has 3 aromatic carbocycles. The van der Waals surface area contributed by atoms with Gasteiger partial charge in [-0.05, 0) is 61.7 Å². The van der Waals surface area contributed by atoms with E-state index in [0.717, 1.165) is 5.56 Å². The number of carbonyl (C=O) groups is 2. The minimum atomic E-state index is -0.810. The van der Waals surface area contributed by atoms with Crippen LogP contribution in [0.4, 0.5) is 4.39 Å². The van der Waals surface area contributed by atoms with Gasteiger partial charge in [-0.2, -0.15) is 0 Å². The van der Waals surface area contributed by atoms with Crippen LogP contribution in [-0.2, 0) is 29.0 Å². The summed E-state index contributed by atoms with van der Waals surface area (Å²) in [7, 11) is 0. The summed E-state index contributed by atoms with van der Waals surface area (Å²) in [5.74, 6) is -0.961. The molecule has 3 aromatic rings. The molecule has 0 bridgehead atoms. The van der Waals surface area contributed by atoms with E-state index in [0.29, 0.717) is 27.6 Å². The molecule has 7 heteroatoms. The summed E-state index contributed by atoms with van der Waals surface area (Å²) in [6.45, 7) is 5.79. The van der Waals surface area contributed by atoms with Gasteiger partial charge in [0.2, 0.25) is 11.8 Å². The lowest BCUT2D eigenvalue weighted by Gasteiger charge is -2.34. The van der Waals surface area contributed by atoms with E-state index in [1.165, 1.54) is 17.0 Å². The van der Waals surface area contributed by atoms with E-state index in [1.807, 2.05) is 51.1 Å². The smallest absolute Gasteiger partial charge is 0.243 e. The van der Waals surface area contributed by atoms with Crippen molar-refractivity contribution in [3.63, 3.8) is 0 Å². The van der Waals surface area contributed by atoms with Crippen LogP contribution in [0, 0.1) is 5.82 Å². The minimum absolute atomic E-state index is 0.0756. The molecule has 0 aromatic heterocycles. The summed E-state index contributed by atoms with van der Waals surface area (Å²) in [4.78, 5) is 28.8. The SMILES string of the molecule is CC(C)(C)NC(=O)[C@@H](Cc1ccccc1)N(Cc1ccc(F)cc1)C(=O)Cc1c(Cl)cccc1Cl. The van der Waals surface area contributed by atoms with Crippen LogP contribution >= 0.6 is 23.2 Å². The molecule has 0 radical (unpaired) electrons. The summed E-state index contributed by atoms with van der Waals surface area (Å²) in [5.41, 5.74) is 1.61. The third-order valence-electron chi connectivity index (χ3n) is 5.43. The lowest BCUT2D eigenvalue weighted by Crippen LogP contribution is -2.54. The Kier molecular flexibility index (Phi) is 8.92. The first-order chi connectivity index (χ1) is 16.5. The van der Waals surface area contributed by atoms with Crippen molar-refractivity contribution in [3.8, 4) is 0 Å². The van der Waals surface area contributed by atoms with Crippen LogP contribution in [0.1, 0.15) is 37.5 Å². The molecule has 0 heterocycles. The monoisotopic (exact) mass is 514 g/mol. The van der Waals surface area contributed by atoms with Crippen molar-refractivity contribution >= 4 is 35.0 Å². The maximum Gasteiger partial charge on any atom is 0.243 e. The van der Waals surface area contributed by atoms with Crippen LogP contribution in [-0.4, -0.2) is 28.3 Å². The largest absolute Gasteiger partial charge is 0.350 e. The van der Waals surface area contributed by atoms with E-state index in [2.05, 4.69) is 5.32 Å². The number of rotatable bonds is 8. The summed E-state index contributed by atoms with van der Waals surface area (Å²) in [6, 6.07) is 19.7. The number of amides is 2. The Morgan fingerprint density at radius 3 is 2.06 bits per heavy atom. The van der Waals surface area contributed by atoms with Crippen LogP contribution in [0.5, 0.6) is 0 Å². The molecule has 184 valence electrons. The second-order valence-corrected chi connectivity index (χ2v) is 10.3. The zero-order valence-electron chi connectivity index (χ0n) is 20.0. The Morgan fingerprint density at radius 1 is 0.886 bits per heavy atom. The first-order valence-corrected chi connectivity index (χ1v) is 12.1. The summed E-state index contributed by atoms with van der Waals surface area (Å²) < 4.78 is 13.5. The van der Waals surface area contributed by atoms with E-state index in [9.17, 15) is 14.0 Å². The van der Waals surface area contributed by atoms with E-state index >= 15 is 0 Å². The standard InChI is InChI=1S/C28H29Cl2FN2O2/c1-28(2,3)32-27(35)25(16-19-8-5-4-6-9-19)33(18-20-12-14-21(31)15-13-20)26(34)17-22-23(29)10-7-11-24(22)30/h4-15,25H,16-18H2,1-3H3,(H,32,35)/t25-/m1/s1. The molecule has 1 N–H and O–H groups in total. The summed E-state index contributed by atoms with van der Waals surface area (Å²) in [6.07, 6.45) is 0.236.